The Bertz CT molecular complexity index is 334. The molecular weight excluding hydrogens is 209 g/mol. The van der Waals surface area contributed by atoms with E-state index in [9.17, 15) is 4.39 Å². The Balaban J connectivity index is 2.03. The van der Waals surface area contributed by atoms with E-state index < -0.39 is 0 Å². The van der Waals surface area contributed by atoms with Gasteiger partial charge in [0.15, 0.2) is 0 Å². The van der Waals surface area contributed by atoms with Crippen LogP contribution in [-0.2, 0) is 0 Å². The standard InChI is InChI=1S/C12H16FNS/c1-9-7-10(13)4-5-12(9)14-11-3-2-6-15-8-11/h4-5,7,11,14H,2-3,6,8H2,1H3/t11-/m1/s1. The van der Waals surface area contributed by atoms with E-state index in [-0.39, 0.29) is 5.82 Å². The van der Waals surface area contributed by atoms with Crippen LogP contribution in [0.25, 0.3) is 0 Å². The first kappa shape index (κ1) is 10.8. The normalized spacial score (nSPS) is 21.3. The Morgan fingerprint density at radius 2 is 2.33 bits per heavy atom. The Labute approximate surface area is 94.5 Å². The highest BCUT2D eigenvalue weighted by atomic mass is 32.2. The first-order valence-electron chi connectivity index (χ1n) is 5.36. The number of benzene rings is 1. The number of anilines is 1. The highest BCUT2D eigenvalue weighted by Gasteiger charge is 2.13. The lowest BCUT2D eigenvalue weighted by Crippen LogP contribution is -2.26. The molecule has 0 amide bonds. The summed E-state index contributed by atoms with van der Waals surface area (Å²) < 4.78 is 12.9. The predicted molar refractivity (Wildman–Crippen MR) is 65.1 cm³/mol. The van der Waals surface area contributed by atoms with Gasteiger partial charge in [0.1, 0.15) is 5.82 Å². The molecule has 1 nitrogen and oxygen atoms in total. The van der Waals surface area contributed by atoms with Crippen molar-refractivity contribution < 1.29 is 4.39 Å². The lowest BCUT2D eigenvalue weighted by Gasteiger charge is -2.24. The first-order chi connectivity index (χ1) is 7.25. The molecule has 0 radical (unpaired) electrons. The van der Waals surface area contributed by atoms with E-state index in [1.54, 1.807) is 6.07 Å². The third-order valence-electron chi connectivity index (χ3n) is 2.71. The van der Waals surface area contributed by atoms with Gasteiger partial charge in [0, 0.05) is 17.5 Å². The molecule has 1 heterocycles. The number of hydrogen-bond donors (Lipinski definition) is 1. The lowest BCUT2D eigenvalue weighted by atomic mass is 10.1. The minimum absolute atomic E-state index is 0.156. The van der Waals surface area contributed by atoms with Crippen LogP contribution in [0, 0.1) is 12.7 Å². The van der Waals surface area contributed by atoms with Gasteiger partial charge in [-0.1, -0.05) is 0 Å². The van der Waals surface area contributed by atoms with E-state index >= 15 is 0 Å². The molecule has 0 bridgehead atoms. The van der Waals surface area contributed by atoms with Crippen LogP contribution < -0.4 is 5.32 Å². The SMILES string of the molecule is Cc1cc(F)ccc1N[C@@H]1CCCSC1. The van der Waals surface area contributed by atoms with Crippen LogP contribution in [0.1, 0.15) is 18.4 Å². The first-order valence-corrected chi connectivity index (χ1v) is 6.51. The summed E-state index contributed by atoms with van der Waals surface area (Å²) in [6.07, 6.45) is 2.51. The summed E-state index contributed by atoms with van der Waals surface area (Å²) in [6.45, 7) is 1.95. The molecule has 0 saturated carbocycles. The minimum atomic E-state index is -0.156. The van der Waals surface area contributed by atoms with E-state index in [0.717, 1.165) is 17.0 Å². The molecule has 1 aliphatic heterocycles. The molecule has 0 unspecified atom stereocenters. The summed E-state index contributed by atoms with van der Waals surface area (Å²) in [6, 6.07) is 5.49. The van der Waals surface area contributed by atoms with E-state index in [0.29, 0.717) is 6.04 Å². The molecule has 0 aliphatic carbocycles. The molecule has 1 saturated heterocycles. The maximum atomic E-state index is 12.9. The van der Waals surface area contributed by atoms with Gasteiger partial charge in [-0.15, -0.1) is 0 Å². The fourth-order valence-corrected chi connectivity index (χ4v) is 2.94. The van der Waals surface area contributed by atoms with Crippen LogP contribution in [0.4, 0.5) is 10.1 Å². The van der Waals surface area contributed by atoms with Crippen molar-refractivity contribution in [1.82, 2.24) is 0 Å². The van der Waals surface area contributed by atoms with Crippen LogP contribution >= 0.6 is 11.8 Å². The second kappa shape index (κ2) is 4.88. The van der Waals surface area contributed by atoms with Gasteiger partial charge in [0.05, 0.1) is 0 Å². The number of rotatable bonds is 2. The number of hydrogen-bond acceptors (Lipinski definition) is 2. The topological polar surface area (TPSA) is 12.0 Å². The van der Waals surface area contributed by atoms with E-state index in [2.05, 4.69) is 5.32 Å². The van der Waals surface area contributed by atoms with Crippen LogP contribution in [0.5, 0.6) is 0 Å². The summed E-state index contributed by atoms with van der Waals surface area (Å²) in [5, 5.41) is 3.49. The largest absolute Gasteiger partial charge is 0.381 e. The Hall–Kier alpha value is -0.700. The molecule has 2 rings (SSSR count). The van der Waals surface area contributed by atoms with Crippen molar-refractivity contribution in [1.29, 1.82) is 0 Å². The fourth-order valence-electron chi connectivity index (χ4n) is 1.86. The zero-order valence-electron chi connectivity index (χ0n) is 8.92. The van der Waals surface area contributed by atoms with Gasteiger partial charge >= 0.3 is 0 Å². The highest BCUT2D eigenvalue weighted by Crippen LogP contribution is 2.23. The summed E-state index contributed by atoms with van der Waals surface area (Å²) >= 11 is 1.99. The quantitative estimate of drug-likeness (QED) is 0.827. The fraction of sp³-hybridized carbons (Fsp3) is 0.500. The van der Waals surface area contributed by atoms with Crippen molar-refractivity contribution >= 4 is 17.4 Å². The summed E-state index contributed by atoms with van der Waals surface area (Å²) in [4.78, 5) is 0. The molecule has 0 spiro atoms. The Kier molecular flexibility index (Phi) is 3.52. The van der Waals surface area contributed by atoms with Crippen LogP contribution in [0.3, 0.4) is 0 Å². The molecule has 1 N–H and O–H groups in total. The average Bonchev–Trinajstić information content (AvgIpc) is 2.24. The minimum Gasteiger partial charge on any atom is -0.381 e. The molecular formula is C12H16FNS. The molecule has 1 aromatic carbocycles. The second-order valence-electron chi connectivity index (χ2n) is 4.02. The van der Waals surface area contributed by atoms with Gasteiger partial charge < -0.3 is 5.32 Å². The maximum Gasteiger partial charge on any atom is 0.123 e. The molecule has 3 heteroatoms. The summed E-state index contributed by atoms with van der Waals surface area (Å²) in [5.41, 5.74) is 2.06. The summed E-state index contributed by atoms with van der Waals surface area (Å²) in [5.74, 6) is 2.29. The van der Waals surface area contributed by atoms with E-state index in [1.165, 1.54) is 24.7 Å². The van der Waals surface area contributed by atoms with Crippen molar-refractivity contribution in [2.24, 2.45) is 0 Å². The number of aryl methyl sites for hydroxylation is 1. The smallest absolute Gasteiger partial charge is 0.123 e. The van der Waals surface area contributed by atoms with Crippen LogP contribution in [0.2, 0.25) is 0 Å². The van der Waals surface area contributed by atoms with Gasteiger partial charge in [0.25, 0.3) is 0 Å². The van der Waals surface area contributed by atoms with Crippen molar-refractivity contribution in [3.63, 3.8) is 0 Å². The van der Waals surface area contributed by atoms with Gasteiger partial charge in [-0.05, 0) is 49.3 Å². The highest BCUT2D eigenvalue weighted by molar-refractivity contribution is 7.99. The Morgan fingerprint density at radius 3 is 3.00 bits per heavy atom. The van der Waals surface area contributed by atoms with Crippen LogP contribution in [0.15, 0.2) is 18.2 Å². The Morgan fingerprint density at radius 1 is 1.47 bits per heavy atom. The molecule has 15 heavy (non-hydrogen) atoms. The van der Waals surface area contributed by atoms with Crippen molar-refractivity contribution in [3.8, 4) is 0 Å². The van der Waals surface area contributed by atoms with Crippen molar-refractivity contribution in [2.75, 3.05) is 16.8 Å². The zero-order chi connectivity index (χ0) is 10.7. The zero-order valence-corrected chi connectivity index (χ0v) is 9.74. The lowest BCUT2D eigenvalue weighted by molar-refractivity contribution is 0.626. The van der Waals surface area contributed by atoms with Gasteiger partial charge in [0.2, 0.25) is 0 Å². The molecule has 0 aromatic heterocycles. The average molecular weight is 225 g/mol. The molecule has 1 fully saturated rings. The molecule has 82 valence electrons. The van der Waals surface area contributed by atoms with E-state index in [4.69, 9.17) is 0 Å². The second-order valence-corrected chi connectivity index (χ2v) is 5.17. The number of nitrogens with one attached hydrogen (secondary N) is 1. The maximum absolute atomic E-state index is 12.9. The third kappa shape index (κ3) is 2.88. The predicted octanol–water partition coefficient (Wildman–Crippen LogP) is 3.44. The molecule has 1 atom stereocenters. The number of halogens is 1. The summed E-state index contributed by atoms with van der Waals surface area (Å²) in [7, 11) is 0. The number of thioether (sulfide) groups is 1. The van der Waals surface area contributed by atoms with Gasteiger partial charge in [-0.2, -0.15) is 11.8 Å². The third-order valence-corrected chi connectivity index (χ3v) is 3.92. The van der Waals surface area contributed by atoms with E-state index in [1.807, 2.05) is 24.8 Å². The molecule has 1 aliphatic rings. The van der Waals surface area contributed by atoms with Gasteiger partial charge in [-0.3, -0.25) is 0 Å². The van der Waals surface area contributed by atoms with Crippen LogP contribution in [-0.4, -0.2) is 17.5 Å². The molecule has 1 aromatic rings. The van der Waals surface area contributed by atoms with Crippen molar-refractivity contribution in [3.05, 3.63) is 29.6 Å². The van der Waals surface area contributed by atoms with Crippen molar-refractivity contribution in [2.45, 2.75) is 25.8 Å². The monoisotopic (exact) mass is 225 g/mol. The van der Waals surface area contributed by atoms with Gasteiger partial charge in [-0.25, -0.2) is 4.39 Å².